The largest absolute Gasteiger partial charge is 0.472 e. The predicted octanol–water partition coefficient (Wildman–Crippen LogP) is 0.386. The zero-order valence-corrected chi connectivity index (χ0v) is 11.9. The minimum Gasteiger partial charge on any atom is -0.472 e. The number of carbonyl (C=O) groups excluding carboxylic acids is 2. The molecule has 1 heterocycles. The number of amides is 2. The molecular formula is C13H16N6O3. The summed E-state index contributed by atoms with van der Waals surface area (Å²) in [6.07, 6.45) is 1.50. The lowest BCUT2D eigenvalue weighted by atomic mass is 10.2. The highest BCUT2D eigenvalue weighted by atomic mass is 16.5. The second-order valence-electron chi connectivity index (χ2n) is 4.35. The first-order valence-electron chi connectivity index (χ1n) is 6.35. The summed E-state index contributed by atoms with van der Waals surface area (Å²) in [6.45, 7) is 1.51. The molecule has 5 N–H and O–H groups in total. The molecule has 1 aromatic carbocycles. The highest BCUT2D eigenvalue weighted by molar-refractivity contribution is 5.91. The van der Waals surface area contributed by atoms with Crippen LogP contribution in [0, 0.1) is 0 Å². The molecule has 22 heavy (non-hydrogen) atoms. The van der Waals surface area contributed by atoms with Gasteiger partial charge < -0.3 is 4.74 Å². The molecule has 0 spiro atoms. The molecule has 116 valence electrons. The van der Waals surface area contributed by atoms with Crippen LogP contribution in [0.4, 0.5) is 10.5 Å². The van der Waals surface area contributed by atoms with Gasteiger partial charge in [-0.25, -0.2) is 26.2 Å². The Morgan fingerprint density at radius 2 is 2.09 bits per heavy atom. The fourth-order valence-electron chi connectivity index (χ4n) is 1.76. The molecule has 2 rings (SSSR count). The number of rotatable bonds is 4. The number of aromatic nitrogens is 2. The number of benzene rings is 1. The number of carbonyl (C=O) groups is 2. The van der Waals surface area contributed by atoms with E-state index in [2.05, 4.69) is 5.10 Å². The molecule has 0 radical (unpaired) electrons. The molecule has 0 unspecified atom stereocenters. The van der Waals surface area contributed by atoms with Crippen molar-refractivity contribution in [2.24, 2.45) is 11.7 Å². The lowest BCUT2D eigenvalue weighted by Crippen LogP contribution is -2.48. The Kier molecular flexibility index (Phi) is 4.71. The summed E-state index contributed by atoms with van der Waals surface area (Å²) in [5, 5.41) is 4.83. The van der Waals surface area contributed by atoms with E-state index in [1.807, 2.05) is 5.43 Å². The van der Waals surface area contributed by atoms with Crippen molar-refractivity contribution in [3.05, 3.63) is 42.1 Å². The summed E-state index contributed by atoms with van der Waals surface area (Å²) in [7, 11) is 0. The summed E-state index contributed by atoms with van der Waals surface area (Å²) in [5.41, 5.74) is 3.05. The lowest BCUT2D eigenvalue weighted by molar-refractivity contribution is 0.0918. The Hall–Kier alpha value is -2.91. The first-order valence-corrected chi connectivity index (χ1v) is 6.35. The van der Waals surface area contributed by atoms with Crippen molar-refractivity contribution in [1.29, 1.82) is 0 Å². The van der Waals surface area contributed by atoms with Crippen LogP contribution in [0.25, 0.3) is 0 Å². The third-order valence-corrected chi connectivity index (χ3v) is 2.86. The van der Waals surface area contributed by atoms with E-state index in [-0.39, 0.29) is 18.4 Å². The number of hydrogen-bond acceptors (Lipinski definition) is 6. The SMILES string of the molecule is CC(=O)n1ccc(OCc2ccccc2N(N)C(=O)NN)n1. The maximum atomic E-state index is 11.5. The molecule has 0 atom stereocenters. The van der Waals surface area contributed by atoms with Crippen LogP contribution in [-0.2, 0) is 6.61 Å². The van der Waals surface area contributed by atoms with Gasteiger partial charge >= 0.3 is 6.03 Å². The van der Waals surface area contributed by atoms with E-state index in [9.17, 15) is 9.59 Å². The average molecular weight is 304 g/mol. The number of anilines is 1. The van der Waals surface area contributed by atoms with Crippen molar-refractivity contribution in [3.63, 3.8) is 0 Å². The van der Waals surface area contributed by atoms with Crippen molar-refractivity contribution in [1.82, 2.24) is 15.2 Å². The third kappa shape index (κ3) is 3.40. The van der Waals surface area contributed by atoms with E-state index in [1.165, 1.54) is 17.8 Å². The van der Waals surface area contributed by atoms with Gasteiger partial charge in [-0.1, -0.05) is 18.2 Å². The fourth-order valence-corrected chi connectivity index (χ4v) is 1.76. The van der Waals surface area contributed by atoms with E-state index in [4.69, 9.17) is 16.4 Å². The summed E-state index contributed by atoms with van der Waals surface area (Å²) < 4.78 is 6.66. The standard InChI is InChI=1S/C13H16N6O3/c1-9(20)18-7-6-12(17-18)22-8-10-4-2-3-5-11(10)19(15)13(21)16-14/h2-7H,8,14-15H2,1H3,(H,16,21). The molecular weight excluding hydrogens is 288 g/mol. The summed E-state index contributed by atoms with van der Waals surface area (Å²) in [6, 6.07) is 7.82. The van der Waals surface area contributed by atoms with E-state index >= 15 is 0 Å². The van der Waals surface area contributed by atoms with Crippen LogP contribution in [-0.4, -0.2) is 21.7 Å². The monoisotopic (exact) mass is 304 g/mol. The van der Waals surface area contributed by atoms with Gasteiger partial charge in [-0.2, -0.15) is 0 Å². The Morgan fingerprint density at radius 3 is 2.73 bits per heavy atom. The van der Waals surface area contributed by atoms with E-state index < -0.39 is 6.03 Å². The van der Waals surface area contributed by atoms with Gasteiger partial charge in [0.15, 0.2) is 0 Å². The minimum absolute atomic E-state index is 0.122. The molecule has 9 nitrogen and oxygen atoms in total. The topological polar surface area (TPSA) is 128 Å². The number of nitrogens with zero attached hydrogens (tertiary/aromatic N) is 3. The van der Waals surface area contributed by atoms with Gasteiger partial charge in [0.05, 0.1) is 5.69 Å². The maximum Gasteiger partial charge on any atom is 0.350 e. The predicted molar refractivity (Wildman–Crippen MR) is 78.7 cm³/mol. The highest BCUT2D eigenvalue weighted by Gasteiger charge is 2.14. The van der Waals surface area contributed by atoms with E-state index in [1.54, 1.807) is 30.3 Å². The third-order valence-electron chi connectivity index (χ3n) is 2.86. The molecule has 2 aromatic rings. The minimum atomic E-state index is -0.659. The van der Waals surface area contributed by atoms with E-state index in [0.717, 1.165) is 5.01 Å². The maximum absolute atomic E-state index is 11.5. The van der Waals surface area contributed by atoms with Crippen molar-refractivity contribution >= 4 is 17.6 Å². The molecule has 0 saturated carbocycles. The smallest absolute Gasteiger partial charge is 0.350 e. The number of para-hydroxylation sites is 1. The Labute approximate surface area is 126 Å². The number of nitrogens with one attached hydrogen (secondary N) is 1. The summed E-state index contributed by atoms with van der Waals surface area (Å²) >= 11 is 0. The van der Waals surface area contributed by atoms with Gasteiger partial charge in [0.1, 0.15) is 6.61 Å². The zero-order chi connectivity index (χ0) is 16.1. The first kappa shape index (κ1) is 15.5. The second kappa shape index (κ2) is 6.70. The molecule has 9 heteroatoms. The number of hydrogen-bond donors (Lipinski definition) is 3. The van der Waals surface area contributed by atoms with E-state index in [0.29, 0.717) is 11.3 Å². The van der Waals surface area contributed by atoms with Crippen LogP contribution in [0.5, 0.6) is 5.88 Å². The number of ether oxygens (including phenoxy) is 1. The van der Waals surface area contributed by atoms with Crippen LogP contribution in [0.15, 0.2) is 36.5 Å². The lowest BCUT2D eigenvalue weighted by Gasteiger charge is -2.19. The number of urea groups is 1. The molecule has 0 bridgehead atoms. The van der Waals surface area contributed by atoms with Gasteiger partial charge in [-0.3, -0.25) is 10.2 Å². The molecule has 0 aliphatic carbocycles. The Bertz CT molecular complexity index is 684. The molecule has 1 aromatic heterocycles. The molecule has 0 saturated heterocycles. The van der Waals surface area contributed by atoms with Crippen LogP contribution >= 0.6 is 0 Å². The zero-order valence-electron chi connectivity index (χ0n) is 11.9. The normalized spacial score (nSPS) is 10.1. The van der Waals surface area contributed by atoms with Crippen LogP contribution < -0.4 is 26.9 Å². The Morgan fingerprint density at radius 1 is 1.36 bits per heavy atom. The number of nitrogens with two attached hydrogens (primary N) is 2. The Balaban J connectivity index is 2.12. The van der Waals surface area contributed by atoms with Crippen molar-refractivity contribution < 1.29 is 14.3 Å². The highest BCUT2D eigenvalue weighted by Crippen LogP contribution is 2.20. The van der Waals surface area contributed by atoms with Gasteiger partial charge in [0.25, 0.3) is 0 Å². The van der Waals surface area contributed by atoms with Crippen molar-refractivity contribution in [3.8, 4) is 5.88 Å². The van der Waals surface area contributed by atoms with Crippen molar-refractivity contribution in [2.45, 2.75) is 13.5 Å². The van der Waals surface area contributed by atoms with Gasteiger partial charge in [0.2, 0.25) is 11.8 Å². The van der Waals surface area contributed by atoms with Gasteiger partial charge in [0, 0.05) is 24.8 Å². The summed E-state index contributed by atoms with van der Waals surface area (Å²) in [5.74, 6) is 10.8. The van der Waals surface area contributed by atoms with Crippen LogP contribution in [0.2, 0.25) is 0 Å². The van der Waals surface area contributed by atoms with Crippen molar-refractivity contribution in [2.75, 3.05) is 5.01 Å². The quantitative estimate of drug-likeness (QED) is 0.425. The van der Waals surface area contributed by atoms with Gasteiger partial charge in [-0.05, 0) is 6.07 Å². The summed E-state index contributed by atoms with van der Waals surface area (Å²) in [4.78, 5) is 22.6. The second-order valence-corrected chi connectivity index (χ2v) is 4.35. The van der Waals surface area contributed by atoms with Gasteiger partial charge in [-0.15, -0.1) is 5.10 Å². The van der Waals surface area contributed by atoms with Crippen LogP contribution in [0.1, 0.15) is 17.3 Å². The first-order chi connectivity index (χ1) is 10.5. The molecule has 0 fully saturated rings. The molecule has 2 amide bonds. The fraction of sp³-hybridized carbons (Fsp3) is 0.154. The average Bonchev–Trinajstić information content (AvgIpc) is 3.01. The molecule has 0 aliphatic rings. The number of hydrazine groups is 2. The van der Waals surface area contributed by atoms with Crippen LogP contribution in [0.3, 0.4) is 0 Å². The molecule has 0 aliphatic heterocycles.